The molecule has 0 aliphatic carbocycles. The molecule has 20 heavy (non-hydrogen) atoms. The highest BCUT2D eigenvalue weighted by molar-refractivity contribution is 7.81. The first kappa shape index (κ1) is 28.1. The zero-order valence-corrected chi connectivity index (χ0v) is 21.2. The summed E-state index contributed by atoms with van der Waals surface area (Å²) in [6.45, 7) is 4.22. The van der Waals surface area contributed by atoms with Crippen LogP contribution in [0, 0.1) is 0 Å². The predicted molar refractivity (Wildman–Crippen MR) is 111 cm³/mol. The van der Waals surface area contributed by atoms with Crippen molar-refractivity contribution >= 4 is 118 Å². The molecule has 12 heteroatoms. The predicted octanol–water partition coefficient (Wildman–Crippen LogP) is 8.76. The van der Waals surface area contributed by atoms with Crippen LogP contribution in [0.4, 0.5) is 0 Å². The Morgan fingerprint density at radius 1 is 0.650 bits per heavy atom. The zero-order valence-electron chi connectivity index (χ0n) is 11.4. The van der Waals surface area contributed by atoms with Crippen LogP contribution in [0.1, 0.15) is 32.6 Å². The fourth-order valence-electron chi connectivity index (χ4n) is 0.752. The van der Waals surface area contributed by atoms with Gasteiger partial charge >= 0.3 is 11.3 Å². The van der Waals surface area contributed by atoms with E-state index in [2.05, 4.69) is 6.92 Å². The molecule has 0 spiro atoms. The van der Waals surface area contributed by atoms with Gasteiger partial charge in [0.05, 0.1) is 0 Å². The first-order chi connectivity index (χ1) is 8.56. The number of halogens is 9. The second-order valence-electron chi connectivity index (χ2n) is 4.18. The molecular formula is C8H19Cl9Si3. The van der Waals surface area contributed by atoms with E-state index in [1.807, 2.05) is 13.1 Å². The van der Waals surface area contributed by atoms with Crippen molar-refractivity contribution in [1.82, 2.24) is 0 Å². The molecule has 0 rings (SSSR count). The third-order valence-corrected chi connectivity index (χ3v) is 3.94. The van der Waals surface area contributed by atoms with E-state index in [1.165, 1.54) is 19.3 Å². The first-order valence-corrected chi connectivity index (χ1v) is 22.1. The molecule has 0 aliphatic heterocycles. The molecule has 0 unspecified atom stereocenters. The van der Waals surface area contributed by atoms with Gasteiger partial charge in [0.2, 0.25) is 6.69 Å². The van der Waals surface area contributed by atoms with Crippen molar-refractivity contribution in [3.8, 4) is 0 Å². The van der Waals surface area contributed by atoms with Crippen LogP contribution >= 0.6 is 99.7 Å². The lowest BCUT2D eigenvalue weighted by Gasteiger charge is -2.05. The lowest BCUT2D eigenvalue weighted by molar-refractivity contribution is 0.700. The summed E-state index contributed by atoms with van der Waals surface area (Å²) in [5.74, 6) is 0. The van der Waals surface area contributed by atoms with Crippen molar-refractivity contribution in [3.05, 3.63) is 0 Å². The molecule has 0 nitrogen and oxygen atoms in total. The Bertz CT molecular complexity index is 185. The van der Waals surface area contributed by atoms with Gasteiger partial charge in [-0.15, -0.1) is 99.7 Å². The van der Waals surface area contributed by atoms with Gasteiger partial charge in [-0.25, -0.2) is 0 Å². The zero-order chi connectivity index (χ0) is 17.0. The molecule has 0 aromatic heterocycles. The van der Waals surface area contributed by atoms with Gasteiger partial charge in [0, 0.05) is 0 Å². The lowest BCUT2D eigenvalue weighted by atomic mass is 10.2. The molecule has 0 heterocycles. The maximum Gasteiger partial charge on any atom is 0.440 e. The highest BCUT2D eigenvalue weighted by Crippen LogP contribution is 2.27. The Morgan fingerprint density at radius 3 is 1.15 bits per heavy atom. The monoisotopic (exact) mass is 514 g/mol. The number of hydrogen-bond donors (Lipinski definition) is 0. The average molecular weight is 519 g/mol. The third kappa shape index (κ3) is 82.9. The molecule has 0 amide bonds. The van der Waals surface area contributed by atoms with Crippen LogP contribution in [0.2, 0.25) is 19.1 Å². The van der Waals surface area contributed by atoms with E-state index >= 15 is 0 Å². The van der Waals surface area contributed by atoms with E-state index < -0.39 is 18.0 Å². The largest absolute Gasteiger partial charge is 0.440 e. The van der Waals surface area contributed by atoms with Crippen molar-refractivity contribution in [3.63, 3.8) is 0 Å². The summed E-state index contributed by atoms with van der Waals surface area (Å²) in [5, 5.41) is -2.72. The van der Waals surface area contributed by atoms with Gasteiger partial charge < -0.3 is 0 Å². The van der Waals surface area contributed by atoms with E-state index in [-0.39, 0.29) is 0 Å². The molecule has 0 bridgehead atoms. The van der Waals surface area contributed by atoms with Gasteiger partial charge in [-0.05, 0) is 19.1 Å². The standard InChI is InChI=1S/C6H13Cl3Si.C2H6Cl2Si.Cl4Si/c1-2-3-4-5-6-10(7,8)9;2*1-5(2,3)4/h2-6H2,1H3;1-2H3;. The van der Waals surface area contributed by atoms with Crippen molar-refractivity contribution in [2.75, 3.05) is 0 Å². The quantitative estimate of drug-likeness (QED) is 0.194. The summed E-state index contributed by atoms with van der Waals surface area (Å²) >= 11 is 47.8. The summed E-state index contributed by atoms with van der Waals surface area (Å²) in [6.07, 6.45) is 4.78. The topological polar surface area (TPSA) is 0 Å². The number of rotatable bonds is 5. The molecule has 0 fully saturated rings. The van der Waals surface area contributed by atoms with Gasteiger partial charge in [-0.2, -0.15) is 0 Å². The Balaban J connectivity index is -0.000000244. The van der Waals surface area contributed by atoms with Crippen molar-refractivity contribution in [2.24, 2.45) is 0 Å². The Kier molecular flexibility index (Phi) is 20.5. The second kappa shape index (κ2) is 14.6. The summed E-state index contributed by atoms with van der Waals surface area (Å²) in [7, 11) is 0. The van der Waals surface area contributed by atoms with Crippen LogP contribution < -0.4 is 0 Å². The van der Waals surface area contributed by atoms with Crippen LogP contribution in [0.5, 0.6) is 0 Å². The summed E-state index contributed by atoms with van der Waals surface area (Å²) < 4.78 is 0. The van der Waals surface area contributed by atoms with Gasteiger partial charge in [0.15, 0.2) is 0 Å². The molecule has 0 atom stereocenters. The Hall–Kier alpha value is 3.26. The summed E-state index contributed by atoms with van der Waals surface area (Å²) in [4.78, 5) is 0. The minimum Gasteiger partial charge on any atom is -0.146 e. The van der Waals surface area contributed by atoms with Gasteiger partial charge in [0.25, 0.3) is 0 Å². The maximum absolute atomic E-state index is 5.68. The van der Waals surface area contributed by atoms with Crippen LogP contribution in [-0.2, 0) is 0 Å². The molecule has 0 saturated carbocycles. The Morgan fingerprint density at radius 2 is 0.950 bits per heavy atom. The fraction of sp³-hybridized carbons (Fsp3) is 1.00. The minimum atomic E-state index is -2.72. The minimum absolute atomic E-state index is 0.817. The molecule has 0 aliphatic rings. The molecular weight excluding hydrogens is 499 g/mol. The third-order valence-electron chi connectivity index (χ3n) is 1.31. The SMILES string of the molecule is CCCCCC[Si](Cl)(Cl)Cl.C[Si](C)(Cl)Cl.Cl[Si](Cl)(Cl)Cl. The lowest BCUT2D eigenvalue weighted by Crippen LogP contribution is -2.07. The van der Waals surface area contributed by atoms with E-state index in [1.54, 1.807) is 0 Å². The van der Waals surface area contributed by atoms with E-state index in [0.717, 1.165) is 12.5 Å². The van der Waals surface area contributed by atoms with Gasteiger partial charge in [0.1, 0.15) is 0 Å². The highest BCUT2D eigenvalue weighted by atomic mass is 36.0. The van der Waals surface area contributed by atoms with E-state index in [0.29, 0.717) is 0 Å². The maximum atomic E-state index is 5.68. The van der Waals surface area contributed by atoms with Crippen LogP contribution in [0.15, 0.2) is 0 Å². The molecule has 0 aromatic rings. The van der Waals surface area contributed by atoms with Crippen molar-refractivity contribution in [1.29, 1.82) is 0 Å². The van der Waals surface area contributed by atoms with Crippen molar-refractivity contribution in [2.45, 2.75) is 51.7 Å². The van der Waals surface area contributed by atoms with E-state index in [9.17, 15) is 0 Å². The number of hydrogen-bond acceptors (Lipinski definition) is 0. The van der Waals surface area contributed by atoms with Crippen molar-refractivity contribution < 1.29 is 0 Å². The first-order valence-electron chi connectivity index (χ1n) is 5.76. The summed E-state index contributed by atoms with van der Waals surface area (Å²) in [6, 6.07) is -1.47. The van der Waals surface area contributed by atoms with E-state index in [4.69, 9.17) is 99.7 Å². The van der Waals surface area contributed by atoms with Crippen LogP contribution in [0.25, 0.3) is 0 Å². The smallest absolute Gasteiger partial charge is 0.146 e. The normalized spacial score (nSPS) is 12.0. The fourth-order valence-corrected chi connectivity index (χ4v) is 2.61. The molecule has 126 valence electrons. The van der Waals surface area contributed by atoms with Gasteiger partial charge in [-0.3, -0.25) is 0 Å². The molecule has 0 N–H and O–H groups in total. The molecule has 0 radical (unpaired) electrons. The molecule has 0 saturated heterocycles. The summed E-state index contributed by atoms with van der Waals surface area (Å²) in [5.41, 5.74) is 0. The molecule has 0 aromatic carbocycles. The average Bonchev–Trinajstić information content (AvgIpc) is 2.05. The van der Waals surface area contributed by atoms with Crippen LogP contribution in [0.3, 0.4) is 0 Å². The highest BCUT2D eigenvalue weighted by Gasteiger charge is 2.23. The number of unbranched alkanes of at least 4 members (excludes halogenated alkanes) is 3. The second-order valence-corrected chi connectivity index (χ2v) is 33.5. The van der Waals surface area contributed by atoms with Crippen LogP contribution in [-0.4, -0.2) is 18.0 Å². The van der Waals surface area contributed by atoms with Gasteiger partial charge in [-0.1, -0.05) is 32.6 Å². The Labute approximate surface area is 168 Å².